The van der Waals surface area contributed by atoms with E-state index >= 15 is 0 Å². The third-order valence-electron chi connectivity index (χ3n) is 3.40. The van der Waals surface area contributed by atoms with Crippen LogP contribution in [0.1, 0.15) is 36.5 Å². The van der Waals surface area contributed by atoms with Crippen LogP contribution in [0.3, 0.4) is 0 Å². The van der Waals surface area contributed by atoms with Crippen molar-refractivity contribution in [3.8, 4) is 0 Å². The Kier molecular flexibility index (Phi) is 3.47. The number of imidazole rings is 1. The lowest BCUT2D eigenvalue weighted by Gasteiger charge is -2.15. The molecule has 17 heavy (non-hydrogen) atoms. The molecule has 1 aromatic heterocycles. The molecular weight excluding hydrogens is 218 g/mol. The minimum Gasteiger partial charge on any atom is -0.480 e. The highest BCUT2D eigenvalue weighted by atomic mass is 16.4. The van der Waals surface area contributed by atoms with Gasteiger partial charge in [0, 0.05) is 12.2 Å². The number of nitrogens with two attached hydrogens (primary N) is 1. The summed E-state index contributed by atoms with van der Waals surface area (Å²) in [5, 5.41) is 8.77. The van der Waals surface area contributed by atoms with Gasteiger partial charge in [0.15, 0.2) is 0 Å². The molecule has 0 aliphatic heterocycles. The summed E-state index contributed by atoms with van der Waals surface area (Å²) in [6.07, 6.45) is 4.97. The molecule has 3 N–H and O–H groups in total. The number of aliphatic carboxylic acids is 1. The lowest BCUT2D eigenvalue weighted by atomic mass is 10.0. The molecule has 2 rings (SSSR count). The second kappa shape index (κ2) is 4.87. The van der Waals surface area contributed by atoms with Crippen molar-refractivity contribution in [2.75, 3.05) is 0 Å². The molecule has 0 spiro atoms. The van der Waals surface area contributed by atoms with Crippen molar-refractivity contribution in [2.45, 2.75) is 51.6 Å². The summed E-state index contributed by atoms with van der Waals surface area (Å²) in [5.74, 6) is 0.0473. The number of aryl methyl sites for hydroxylation is 2. The van der Waals surface area contributed by atoms with Crippen LogP contribution in [0.4, 0.5) is 0 Å². The predicted molar refractivity (Wildman–Crippen MR) is 63.8 cm³/mol. The normalized spacial score (nSPS) is 16.6. The molecule has 1 heterocycles. The lowest BCUT2D eigenvalue weighted by molar-refractivity contribution is -0.138. The monoisotopic (exact) mass is 237 g/mol. The molecule has 5 nitrogen and oxygen atoms in total. The Morgan fingerprint density at radius 1 is 1.53 bits per heavy atom. The summed E-state index contributed by atoms with van der Waals surface area (Å²) in [6.45, 7) is 2.63. The topological polar surface area (TPSA) is 81.1 Å². The number of carbonyl (C=O) groups is 1. The number of carboxylic acid groups (broad SMARTS) is 1. The highest BCUT2D eigenvalue weighted by Crippen LogP contribution is 2.22. The van der Waals surface area contributed by atoms with Crippen molar-refractivity contribution in [1.82, 2.24) is 9.55 Å². The Bertz CT molecular complexity index is 426. The van der Waals surface area contributed by atoms with Crippen molar-refractivity contribution in [2.24, 2.45) is 5.73 Å². The Balaban J connectivity index is 2.10. The summed E-state index contributed by atoms with van der Waals surface area (Å²) in [6, 6.07) is -0.781. The summed E-state index contributed by atoms with van der Waals surface area (Å²) in [5.41, 5.74) is 8.00. The average Bonchev–Trinajstić information content (AvgIpc) is 2.61. The van der Waals surface area contributed by atoms with E-state index in [4.69, 9.17) is 10.8 Å². The number of hydrogen-bond donors (Lipinski definition) is 2. The molecule has 0 amide bonds. The maximum Gasteiger partial charge on any atom is 0.320 e. The number of carboxylic acids is 1. The molecule has 0 fully saturated rings. The first-order valence-electron chi connectivity index (χ1n) is 6.13. The van der Waals surface area contributed by atoms with Crippen LogP contribution >= 0.6 is 0 Å². The van der Waals surface area contributed by atoms with Gasteiger partial charge in [-0.15, -0.1) is 0 Å². The van der Waals surface area contributed by atoms with Crippen LogP contribution in [-0.4, -0.2) is 26.7 Å². The fourth-order valence-electron chi connectivity index (χ4n) is 2.42. The van der Waals surface area contributed by atoms with E-state index in [1.807, 2.05) is 6.92 Å². The summed E-state index contributed by atoms with van der Waals surface area (Å²) in [7, 11) is 0. The molecule has 0 radical (unpaired) electrons. The molecule has 1 aliphatic rings. The van der Waals surface area contributed by atoms with Crippen LogP contribution in [0.15, 0.2) is 0 Å². The molecule has 94 valence electrons. The van der Waals surface area contributed by atoms with Crippen LogP contribution in [0, 0.1) is 6.92 Å². The second-order valence-corrected chi connectivity index (χ2v) is 4.64. The van der Waals surface area contributed by atoms with E-state index in [9.17, 15) is 4.79 Å². The Morgan fingerprint density at radius 3 is 2.94 bits per heavy atom. The molecule has 0 aromatic carbocycles. The minimum atomic E-state index is -0.934. The molecule has 1 aliphatic carbocycles. The van der Waals surface area contributed by atoms with Gasteiger partial charge in [0.25, 0.3) is 0 Å². The Morgan fingerprint density at radius 2 is 2.24 bits per heavy atom. The van der Waals surface area contributed by atoms with Gasteiger partial charge in [-0.1, -0.05) is 0 Å². The third-order valence-corrected chi connectivity index (χ3v) is 3.40. The van der Waals surface area contributed by atoms with Crippen LogP contribution < -0.4 is 5.73 Å². The van der Waals surface area contributed by atoms with E-state index in [0.717, 1.165) is 18.7 Å². The molecule has 1 aromatic rings. The maximum atomic E-state index is 10.7. The number of nitrogens with zero attached hydrogens (tertiary/aromatic N) is 2. The average molecular weight is 237 g/mol. The van der Waals surface area contributed by atoms with Gasteiger partial charge in [0.1, 0.15) is 11.9 Å². The zero-order valence-electron chi connectivity index (χ0n) is 10.1. The number of hydrogen-bond acceptors (Lipinski definition) is 3. The first-order chi connectivity index (χ1) is 8.09. The van der Waals surface area contributed by atoms with E-state index < -0.39 is 12.0 Å². The molecule has 0 saturated heterocycles. The van der Waals surface area contributed by atoms with Gasteiger partial charge in [-0.2, -0.15) is 0 Å². The second-order valence-electron chi connectivity index (χ2n) is 4.64. The van der Waals surface area contributed by atoms with Crippen LogP contribution in [-0.2, 0) is 24.2 Å². The van der Waals surface area contributed by atoms with Crippen molar-refractivity contribution >= 4 is 5.97 Å². The highest BCUT2D eigenvalue weighted by Gasteiger charge is 2.19. The van der Waals surface area contributed by atoms with E-state index in [2.05, 4.69) is 9.55 Å². The summed E-state index contributed by atoms with van der Waals surface area (Å²) < 4.78 is 2.14. The lowest BCUT2D eigenvalue weighted by Crippen LogP contribution is -2.31. The Labute approximate surface area is 101 Å². The zero-order valence-corrected chi connectivity index (χ0v) is 10.1. The SMILES string of the molecule is Cc1nc2c(n1CCC(N)C(=O)O)CCCC2. The Hall–Kier alpha value is -1.36. The fourth-order valence-corrected chi connectivity index (χ4v) is 2.42. The van der Waals surface area contributed by atoms with Crippen molar-refractivity contribution in [3.63, 3.8) is 0 Å². The van der Waals surface area contributed by atoms with Crippen molar-refractivity contribution in [3.05, 3.63) is 17.2 Å². The van der Waals surface area contributed by atoms with Gasteiger partial charge in [0.2, 0.25) is 0 Å². The van der Waals surface area contributed by atoms with E-state index in [0.29, 0.717) is 13.0 Å². The quantitative estimate of drug-likeness (QED) is 0.814. The summed E-state index contributed by atoms with van der Waals surface area (Å²) >= 11 is 0. The highest BCUT2D eigenvalue weighted by molar-refractivity contribution is 5.72. The molecule has 0 saturated carbocycles. The van der Waals surface area contributed by atoms with Crippen molar-refractivity contribution in [1.29, 1.82) is 0 Å². The largest absolute Gasteiger partial charge is 0.480 e. The predicted octanol–water partition coefficient (Wildman–Crippen LogP) is 0.872. The van der Waals surface area contributed by atoms with Crippen LogP contribution in [0.25, 0.3) is 0 Å². The van der Waals surface area contributed by atoms with Gasteiger partial charge in [-0.3, -0.25) is 4.79 Å². The number of fused-ring (bicyclic) bond motifs is 1. The fraction of sp³-hybridized carbons (Fsp3) is 0.667. The van der Waals surface area contributed by atoms with Gasteiger partial charge >= 0.3 is 5.97 Å². The van der Waals surface area contributed by atoms with E-state index in [1.54, 1.807) is 0 Å². The summed E-state index contributed by atoms with van der Waals surface area (Å²) in [4.78, 5) is 15.2. The molecule has 1 atom stereocenters. The van der Waals surface area contributed by atoms with Crippen LogP contribution in [0.2, 0.25) is 0 Å². The maximum absolute atomic E-state index is 10.7. The minimum absolute atomic E-state index is 0.457. The number of rotatable bonds is 4. The van der Waals surface area contributed by atoms with Gasteiger partial charge in [-0.25, -0.2) is 4.98 Å². The van der Waals surface area contributed by atoms with E-state index in [1.165, 1.54) is 24.2 Å². The molecule has 0 bridgehead atoms. The third kappa shape index (κ3) is 2.49. The van der Waals surface area contributed by atoms with Crippen molar-refractivity contribution < 1.29 is 9.90 Å². The van der Waals surface area contributed by atoms with E-state index in [-0.39, 0.29) is 0 Å². The smallest absolute Gasteiger partial charge is 0.320 e. The molecule has 1 unspecified atom stereocenters. The first-order valence-corrected chi connectivity index (χ1v) is 6.13. The molecular formula is C12H19N3O2. The first kappa shape index (κ1) is 12.1. The van der Waals surface area contributed by atoms with Gasteiger partial charge < -0.3 is 15.4 Å². The van der Waals surface area contributed by atoms with Gasteiger partial charge in [-0.05, 0) is 39.0 Å². The zero-order chi connectivity index (χ0) is 12.4. The molecule has 5 heteroatoms. The van der Waals surface area contributed by atoms with Crippen LogP contribution in [0.5, 0.6) is 0 Å². The number of aromatic nitrogens is 2. The van der Waals surface area contributed by atoms with Gasteiger partial charge in [0.05, 0.1) is 5.69 Å². The standard InChI is InChI=1S/C12H19N3O2/c1-8-14-10-4-2-3-5-11(10)15(8)7-6-9(13)12(16)17/h9H,2-7,13H2,1H3,(H,16,17).